The van der Waals surface area contributed by atoms with Crippen molar-refractivity contribution in [3.63, 3.8) is 0 Å². The molecule has 27 heavy (non-hydrogen) atoms. The van der Waals surface area contributed by atoms with Gasteiger partial charge in [-0.25, -0.2) is 8.42 Å². The van der Waals surface area contributed by atoms with Crippen LogP contribution in [0.1, 0.15) is 27.2 Å². The van der Waals surface area contributed by atoms with Gasteiger partial charge in [0.05, 0.1) is 17.2 Å². The molecule has 1 N–H and O–H groups in total. The van der Waals surface area contributed by atoms with Crippen molar-refractivity contribution in [3.8, 4) is 5.75 Å². The monoisotopic (exact) mass is 390 g/mol. The summed E-state index contributed by atoms with van der Waals surface area (Å²) in [7, 11) is -3.89. The van der Waals surface area contributed by atoms with Gasteiger partial charge in [-0.2, -0.15) is 0 Å². The minimum absolute atomic E-state index is 0.0286. The lowest BCUT2D eigenvalue weighted by atomic mass is 10.2. The molecule has 0 aliphatic rings. The van der Waals surface area contributed by atoms with E-state index in [1.807, 2.05) is 20.8 Å². The maximum atomic E-state index is 13.1. The number of carbonyl (C=O) groups is 1. The van der Waals surface area contributed by atoms with Crippen LogP contribution in [-0.4, -0.2) is 33.5 Å². The summed E-state index contributed by atoms with van der Waals surface area (Å²) in [6.07, 6.45) is 0.764. The Bertz CT molecular complexity index is 836. The van der Waals surface area contributed by atoms with Crippen molar-refractivity contribution in [1.82, 2.24) is 5.32 Å². The molecular weight excluding hydrogens is 364 g/mol. The van der Waals surface area contributed by atoms with E-state index < -0.39 is 10.0 Å². The number of ether oxygens (including phenoxy) is 1. The molecule has 0 radical (unpaired) electrons. The molecule has 2 rings (SSSR count). The van der Waals surface area contributed by atoms with E-state index in [0.717, 1.165) is 10.7 Å². The van der Waals surface area contributed by atoms with Crippen LogP contribution in [0.15, 0.2) is 59.5 Å². The Morgan fingerprint density at radius 2 is 1.70 bits per heavy atom. The van der Waals surface area contributed by atoms with Gasteiger partial charge in [-0.05, 0) is 56.7 Å². The predicted molar refractivity (Wildman–Crippen MR) is 106 cm³/mol. The Morgan fingerprint density at radius 3 is 2.26 bits per heavy atom. The summed E-state index contributed by atoms with van der Waals surface area (Å²) in [4.78, 5) is 12.5. The molecule has 146 valence electrons. The van der Waals surface area contributed by atoms with Crippen molar-refractivity contribution in [1.29, 1.82) is 0 Å². The topological polar surface area (TPSA) is 75.7 Å². The van der Waals surface area contributed by atoms with Gasteiger partial charge in [-0.3, -0.25) is 9.10 Å². The van der Waals surface area contributed by atoms with Crippen LogP contribution in [0.4, 0.5) is 5.69 Å². The molecule has 2 aromatic carbocycles. The van der Waals surface area contributed by atoms with Gasteiger partial charge >= 0.3 is 0 Å². The summed E-state index contributed by atoms with van der Waals surface area (Å²) >= 11 is 0. The molecule has 2 aromatic rings. The number of benzene rings is 2. The zero-order chi connectivity index (χ0) is 19.9. The standard InChI is InChI=1S/C20H26N2O4S/c1-4-16(3)21-20(23)15-22(17-11-13-18(14-12-17)26-5-2)27(24,25)19-9-7-6-8-10-19/h6-14,16H,4-5,15H2,1-3H3,(H,21,23). The van der Waals surface area contributed by atoms with Gasteiger partial charge in [0.1, 0.15) is 12.3 Å². The lowest BCUT2D eigenvalue weighted by Gasteiger charge is -2.25. The maximum Gasteiger partial charge on any atom is 0.264 e. The van der Waals surface area contributed by atoms with E-state index in [1.54, 1.807) is 42.5 Å². The lowest BCUT2D eigenvalue weighted by Crippen LogP contribution is -2.43. The number of hydrogen-bond donors (Lipinski definition) is 1. The minimum atomic E-state index is -3.89. The fraction of sp³-hybridized carbons (Fsp3) is 0.350. The molecule has 0 spiro atoms. The van der Waals surface area contributed by atoms with Gasteiger partial charge in [-0.1, -0.05) is 25.1 Å². The summed E-state index contributed by atoms with van der Waals surface area (Å²) in [6.45, 7) is 5.93. The van der Waals surface area contributed by atoms with Crippen LogP contribution < -0.4 is 14.4 Å². The molecule has 6 nitrogen and oxygen atoms in total. The first kappa shape index (κ1) is 20.8. The van der Waals surface area contributed by atoms with E-state index >= 15 is 0 Å². The van der Waals surface area contributed by atoms with Crippen LogP contribution in [0.3, 0.4) is 0 Å². The number of hydrogen-bond acceptors (Lipinski definition) is 4. The quantitative estimate of drug-likeness (QED) is 0.713. The van der Waals surface area contributed by atoms with E-state index in [1.165, 1.54) is 12.1 Å². The number of nitrogens with zero attached hydrogens (tertiary/aromatic N) is 1. The van der Waals surface area contributed by atoms with Gasteiger partial charge in [0.25, 0.3) is 10.0 Å². The Hall–Kier alpha value is -2.54. The summed E-state index contributed by atoms with van der Waals surface area (Å²) in [6, 6.07) is 14.7. The molecule has 0 heterocycles. The lowest BCUT2D eigenvalue weighted by molar-refractivity contribution is -0.120. The van der Waals surface area contributed by atoms with Crippen molar-refractivity contribution >= 4 is 21.6 Å². The third kappa shape index (κ3) is 5.47. The second-order valence-corrected chi connectivity index (χ2v) is 7.99. The zero-order valence-electron chi connectivity index (χ0n) is 15.9. The molecule has 0 aliphatic carbocycles. The Labute approximate surface area is 161 Å². The zero-order valence-corrected chi connectivity index (χ0v) is 16.7. The molecule has 0 saturated carbocycles. The van der Waals surface area contributed by atoms with Crippen molar-refractivity contribution < 1.29 is 17.9 Å². The molecule has 0 saturated heterocycles. The minimum Gasteiger partial charge on any atom is -0.494 e. The molecule has 1 unspecified atom stereocenters. The van der Waals surface area contributed by atoms with Crippen molar-refractivity contribution in [2.24, 2.45) is 0 Å². The fourth-order valence-electron chi connectivity index (χ4n) is 2.46. The highest BCUT2D eigenvalue weighted by atomic mass is 32.2. The SMILES string of the molecule is CCOc1ccc(N(CC(=O)NC(C)CC)S(=O)(=O)c2ccccc2)cc1. The number of rotatable bonds is 9. The maximum absolute atomic E-state index is 13.1. The number of nitrogens with one attached hydrogen (secondary N) is 1. The van der Waals surface area contributed by atoms with Crippen LogP contribution >= 0.6 is 0 Å². The van der Waals surface area contributed by atoms with Crippen LogP contribution in [0, 0.1) is 0 Å². The summed E-state index contributed by atoms with van der Waals surface area (Å²) in [5.41, 5.74) is 0.404. The van der Waals surface area contributed by atoms with Gasteiger partial charge in [0.15, 0.2) is 0 Å². The van der Waals surface area contributed by atoms with E-state index in [4.69, 9.17) is 4.74 Å². The number of amides is 1. The molecule has 0 aromatic heterocycles. The second kappa shape index (κ2) is 9.41. The Morgan fingerprint density at radius 1 is 1.07 bits per heavy atom. The van der Waals surface area contributed by atoms with Gasteiger partial charge in [-0.15, -0.1) is 0 Å². The van der Waals surface area contributed by atoms with Crippen LogP contribution in [0.5, 0.6) is 5.75 Å². The molecular formula is C20H26N2O4S. The first-order valence-corrected chi connectivity index (χ1v) is 10.4. The van der Waals surface area contributed by atoms with Gasteiger partial charge in [0, 0.05) is 6.04 Å². The van der Waals surface area contributed by atoms with Crippen molar-refractivity contribution in [2.75, 3.05) is 17.5 Å². The predicted octanol–water partition coefficient (Wildman–Crippen LogP) is 3.20. The van der Waals surface area contributed by atoms with Gasteiger partial charge in [0.2, 0.25) is 5.91 Å². The third-order valence-electron chi connectivity index (χ3n) is 4.07. The number of anilines is 1. The van der Waals surface area contributed by atoms with E-state index in [2.05, 4.69) is 5.32 Å². The van der Waals surface area contributed by atoms with Crippen LogP contribution in [0.25, 0.3) is 0 Å². The molecule has 7 heteroatoms. The highest BCUT2D eigenvalue weighted by molar-refractivity contribution is 7.92. The summed E-state index contributed by atoms with van der Waals surface area (Å²) in [5.74, 6) is 0.292. The van der Waals surface area contributed by atoms with Crippen LogP contribution in [-0.2, 0) is 14.8 Å². The van der Waals surface area contributed by atoms with Crippen molar-refractivity contribution in [3.05, 3.63) is 54.6 Å². The average molecular weight is 391 g/mol. The molecule has 0 fully saturated rings. The Kier molecular flexibility index (Phi) is 7.24. The van der Waals surface area contributed by atoms with Crippen LogP contribution in [0.2, 0.25) is 0 Å². The Balaban J connectivity index is 2.37. The molecule has 0 bridgehead atoms. The van der Waals surface area contributed by atoms with E-state index in [-0.39, 0.29) is 23.4 Å². The first-order chi connectivity index (χ1) is 12.9. The molecule has 1 atom stereocenters. The van der Waals surface area contributed by atoms with Gasteiger partial charge < -0.3 is 10.1 Å². The van der Waals surface area contributed by atoms with Crippen molar-refractivity contribution in [2.45, 2.75) is 38.1 Å². The highest BCUT2D eigenvalue weighted by Gasteiger charge is 2.27. The van der Waals surface area contributed by atoms with E-state index in [9.17, 15) is 13.2 Å². The third-order valence-corrected chi connectivity index (χ3v) is 5.86. The molecule has 1 amide bonds. The summed E-state index contributed by atoms with van der Waals surface area (Å²) in [5, 5.41) is 2.82. The number of carbonyl (C=O) groups excluding carboxylic acids is 1. The summed E-state index contributed by atoms with van der Waals surface area (Å²) < 4.78 is 32.8. The smallest absolute Gasteiger partial charge is 0.264 e. The second-order valence-electron chi connectivity index (χ2n) is 6.13. The highest BCUT2D eigenvalue weighted by Crippen LogP contribution is 2.25. The fourth-order valence-corrected chi connectivity index (χ4v) is 3.91. The normalized spacial score (nSPS) is 12.3. The average Bonchev–Trinajstić information content (AvgIpc) is 2.67. The molecule has 0 aliphatic heterocycles. The first-order valence-electron chi connectivity index (χ1n) is 8.98. The number of sulfonamides is 1. The largest absolute Gasteiger partial charge is 0.494 e. The van der Waals surface area contributed by atoms with E-state index in [0.29, 0.717) is 18.0 Å².